The van der Waals surface area contributed by atoms with Gasteiger partial charge in [-0.1, -0.05) is 62.2 Å². The van der Waals surface area contributed by atoms with Gasteiger partial charge in [0.05, 0.1) is 5.69 Å². The van der Waals surface area contributed by atoms with Gasteiger partial charge in [0.2, 0.25) is 0 Å². The fraction of sp³-hybridized carbons (Fsp3) is 0.500. The first-order valence-corrected chi connectivity index (χ1v) is 15.2. The maximum atomic E-state index is 13.0. The van der Waals surface area contributed by atoms with Gasteiger partial charge in [-0.25, -0.2) is 4.98 Å². The van der Waals surface area contributed by atoms with Crippen molar-refractivity contribution in [2.45, 2.75) is 77.2 Å². The smallest absolute Gasteiger partial charge is 0.180 e. The van der Waals surface area contributed by atoms with Gasteiger partial charge in [-0.05, 0) is 81.5 Å². The summed E-state index contributed by atoms with van der Waals surface area (Å²) < 4.78 is 0. The second-order valence-electron chi connectivity index (χ2n) is 11.3. The van der Waals surface area contributed by atoms with E-state index in [0.29, 0.717) is 18.4 Å². The Morgan fingerprint density at radius 2 is 1.76 bits per heavy atom. The lowest BCUT2D eigenvalue weighted by atomic mass is 9.78. The number of nitrogen functional groups attached to an aromatic ring is 1. The predicted molar refractivity (Wildman–Crippen MR) is 157 cm³/mol. The number of aromatic nitrogens is 1. The Hall–Kier alpha value is -2.70. The van der Waals surface area contributed by atoms with Crippen LogP contribution in [0.2, 0.25) is 0 Å². The number of fused-ring (bicyclic) bond motifs is 1. The van der Waals surface area contributed by atoms with E-state index < -0.39 is 0 Å². The highest BCUT2D eigenvalue weighted by molar-refractivity contribution is 7.15. The van der Waals surface area contributed by atoms with Crippen LogP contribution in [0.15, 0.2) is 48.5 Å². The number of thiazole rings is 1. The second-order valence-corrected chi connectivity index (χ2v) is 12.4. The molecule has 1 fully saturated rings. The van der Waals surface area contributed by atoms with Gasteiger partial charge in [0.25, 0.3) is 0 Å². The summed E-state index contributed by atoms with van der Waals surface area (Å²) in [4.78, 5) is 21.6. The molecule has 0 amide bonds. The lowest BCUT2D eigenvalue weighted by molar-refractivity contribution is 0.0937. The number of aromatic hydroxyl groups is 1. The number of hydrogen-bond donors (Lipinski definition) is 2. The number of ketones is 1. The molecule has 1 heterocycles. The number of nitrogens with zero attached hydrogens (tertiary/aromatic N) is 2. The van der Waals surface area contributed by atoms with E-state index >= 15 is 0 Å². The Labute approximate surface area is 231 Å². The number of hydrogen-bond acceptors (Lipinski definition) is 6. The second kappa shape index (κ2) is 12.4. The van der Waals surface area contributed by atoms with E-state index in [4.69, 9.17) is 5.73 Å². The van der Waals surface area contributed by atoms with Gasteiger partial charge >= 0.3 is 0 Å². The Morgan fingerprint density at radius 1 is 1.03 bits per heavy atom. The van der Waals surface area contributed by atoms with Crippen molar-refractivity contribution < 1.29 is 9.90 Å². The van der Waals surface area contributed by atoms with E-state index in [1.165, 1.54) is 55.8 Å². The SMILES string of the molecule is CCCN(CCC1CCC(CC(=O)c2ccc(-c3ccccc3O)cc2)CC1)[C@H]1CCc2nc(N)sc2C1. The van der Waals surface area contributed by atoms with Gasteiger partial charge in [0.1, 0.15) is 5.75 Å². The molecule has 1 saturated carbocycles. The Morgan fingerprint density at radius 3 is 2.50 bits per heavy atom. The molecule has 2 aliphatic carbocycles. The van der Waals surface area contributed by atoms with Gasteiger partial charge < -0.3 is 15.7 Å². The number of anilines is 1. The van der Waals surface area contributed by atoms with Crippen LogP contribution in [-0.4, -0.2) is 39.9 Å². The summed E-state index contributed by atoms with van der Waals surface area (Å²) in [7, 11) is 0. The molecule has 5 nitrogen and oxygen atoms in total. The summed E-state index contributed by atoms with van der Waals surface area (Å²) in [6.07, 6.45) is 11.3. The molecule has 0 radical (unpaired) electrons. The minimum Gasteiger partial charge on any atom is -0.507 e. The maximum Gasteiger partial charge on any atom is 0.180 e. The summed E-state index contributed by atoms with van der Waals surface area (Å²) in [6.45, 7) is 4.63. The lowest BCUT2D eigenvalue weighted by Gasteiger charge is -2.36. The maximum absolute atomic E-state index is 13.0. The Balaban J connectivity index is 1.08. The summed E-state index contributed by atoms with van der Waals surface area (Å²) in [5.41, 5.74) is 9.71. The molecule has 2 aliphatic rings. The van der Waals surface area contributed by atoms with Crippen molar-refractivity contribution in [1.82, 2.24) is 9.88 Å². The van der Waals surface area contributed by atoms with Gasteiger partial charge in [-0.15, -0.1) is 11.3 Å². The molecule has 0 unspecified atom stereocenters. The fourth-order valence-corrected chi connectivity index (χ4v) is 7.41. The first kappa shape index (κ1) is 26.9. The van der Waals surface area contributed by atoms with E-state index in [1.54, 1.807) is 17.4 Å². The van der Waals surface area contributed by atoms with Crippen LogP contribution >= 0.6 is 11.3 Å². The van der Waals surface area contributed by atoms with Gasteiger partial charge in [-0.2, -0.15) is 0 Å². The largest absolute Gasteiger partial charge is 0.507 e. The average Bonchev–Trinajstić information content (AvgIpc) is 3.31. The number of carbonyl (C=O) groups is 1. The number of phenols is 1. The summed E-state index contributed by atoms with van der Waals surface area (Å²) >= 11 is 1.68. The fourth-order valence-electron chi connectivity index (χ4n) is 6.46. The molecule has 38 heavy (non-hydrogen) atoms. The zero-order chi connectivity index (χ0) is 26.5. The third-order valence-corrected chi connectivity index (χ3v) is 9.59. The van der Waals surface area contributed by atoms with E-state index in [9.17, 15) is 9.90 Å². The molecular formula is C32H41N3O2S. The predicted octanol–water partition coefficient (Wildman–Crippen LogP) is 7.14. The minimum absolute atomic E-state index is 0.242. The van der Waals surface area contributed by atoms with Crippen LogP contribution in [0, 0.1) is 11.8 Å². The number of nitrogens with two attached hydrogens (primary N) is 1. The number of carbonyl (C=O) groups excluding carboxylic acids is 1. The van der Waals surface area contributed by atoms with Crippen molar-refractivity contribution in [2.75, 3.05) is 18.8 Å². The monoisotopic (exact) mass is 531 g/mol. The van der Waals surface area contributed by atoms with E-state index in [-0.39, 0.29) is 11.5 Å². The molecule has 202 valence electrons. The van der Waals surface area contributed by atoms with Crippen LogP contribution in [0.5, 0.6) is 5.75 Å². The molecule has 0 saturated heterocycles. The highest BCUT2D eigenvalue weighted by Crippen LogP contribution is 2.35. The Bertz CT molecular complexity index is 1210. The molecule has 1 aromatic heterocycles. The van der Waals surface area contributed by atoms with E-state index in [1.807, 2.05) is 42.5 Å². The van der Waals surface area contributed by atoms with Crippen LogP contribution in [-0.2, 0) is 12.8 Å². The molecule has 0 spiro atoms. The molecule has 3 N–H and O–H groups in total. The summed E-state index contributed by atoms with van der Waals surface area (Å²) in [6, 6.07) is 15.6. The van der Waals surface area contributed by atoms with Crippen molar-refractivity contribution >= 4 is 22.3 Å². The molecular weight excluding hydrogens is 490 g/mol. The van der Waals surface area contributed by atoms with Crippen LogP contribution in [0.4, 0.5) is 5.13 Å². The van der Waals surface area contributed by atoms with Crippen molar-refractivity contribution in [1.29, 1.82) is 0 Å². The number of benzene rings is 2. The summed E-state index contributed by atoms with van der Waals surface area (Å²) in [5.74, 6) is 1.78. The lowest BCUT2D eigenvalue weighted by Crippen LogP contribution is -2.41. The van der Waals surface area contributed by atoms with Crippen LogP contribution in [0.3, 0.4) is 0 Å². The number of aryl methyl sites for hydroxylation is 1. The first-order valence-electron chi connectivity index (χ1n) is 14.4. The highest BCUT2D eigenvalue weighted by Gasteiger charge is 2.28. The van der Waals surface area contributed by atoms with Gasteiger partial charge in [0.15, 0.2) is 10.9 Å². The van der Waals surface area contributed by atoms with E-state index in [2.05, 4.69) is 16.8 Å². The molecule has 6 heteroatoms. The quantitative estimate of drug-likeness (QED) is 0.272. The van der Waals surface area contributed by atoms with Crippen LogP contribution in [0.1, 0.15) is 79.2 Å². The first-order chi connectivity index (χ1) is 18.5. The number of rotatable bonds is 10. The van der Waals surface area contributed by atoms with Gasteiger partial charge in [-0.3, -0.25) is 4.79 Å². The van der Waals surface area contributed by atoms with Crippen molar-refractivity contribution in [3.05, 3.63) is 64.7 Å². The molecule has 1 atom stereocenters. The van der Waals surface area contributed by atoms with Gasteiger partial charge in [0, 0.05) is 28.5 Å². The minimum atomic E-state index is 0.242. The molecule has 3 aromatic rings. The molecule has 5 rings (SSSR count). The normalized spacial score (nSPS) is 21.4. The van der Waals surface area contributed by atoms with Crippen LogP contribution < -0.4 is 5.73 Å². The standard InChI is InChI=1S/C32H41N3O2S/c1-2-18-35(26-15-16-28-31(21-26)38-32(33)34-28)19-17-22-7-9-23(10-8-22)20-30(37)25-13-11-24(12-14-25)27-5-3-4-6-29(27)36/h3-6,11-14,22-23,26,36H,2,7-10,15-21H2,1H3,(H2,33,34)/t22?,23?,26-/m0/s1. The number of phenolic OH excluding ortho intramolecular Hbond substituents is 1. The third-order valence-electron chi connectivity index (χ3n) is 8.64. The van der Waals surface area contributed by atoms with Crippen molar-refractivity contribution in [3.63, 3.8) is 0 Å². The number of Topliss-reactive ketones (excluding diaryl/α,β-unsaturated/α-hetero) is 1. The number of para-hydroxylation sites is 1. The zero-order valence-electron chi connectivity index (χ0n) is 22.6. The average molecular weight is 532 g/mol. The third kappa shape index (κ3) is 6.47. The summed E-state index contributed by atoms with van der Waals surface area (Å²) in [5, 5.41) is 10.8. The Kier molecular flexibility index (Phi) is 8.80. The van der Waals surface area contributed by atoms with Crippen LogP contribution in [0.25, 0.3) is 11.1 Å². The van der Waals surface area contributed by atoms with Crippen molar-refractivity contribution in [3.8, 4) is 16.9 Å². The topological polar surface area (TPSA) is 79.5 Å². The highest BCUT2D eigenvalue weighted by atomic mass is 32.1. The van der Waals surface area contributed by atoms with Crippen molar-refractivity contribution in [2.24, 2.45) is 11.8 Å². The molecule has 0 aliphatic heterocycles. The van der Waals surface area contributed by atoms with E-state index in [0.717, 1.165) is 53.4 Å². The molecule has 2 aromatic carbocycles. The zero-order valence-corrected chi connectivity index (χ0v) is 23.4. The molecule has 0 bridgehead atoms.